The van der Waals surface area contributed by atoms with E-state index >= 15 is 0 Å². The van der Waals surface area contributed by atoms with Crippen molar-refractivity contribution in [3.05, 3.63) is 111 Å². The largest absolute Gasteiger partial charge is 0.379 e. The van der Waals surface area contributed by atoms with Crippen molar-refractivity contribution in [2.75, 3.05) is 26.0 Å². The molecule has 7 heterocycles. The standard InChI is InChI=1S/C48H47N13O7S6/c1-23(2)37(48-61-40(32(74-48)17-68-5)42(66)51-16-33(49)63)59-43(67)38-24(3)73-47(60-38)28(15-35(64)50-4)55-41(65)30-19-70-44(57-30)26-12-13-27(45-58-34(21-72-45)52-22-62)54-39(26)29-18-71-46(56-29)31-20-69-36(53-31)14-11-25-9-7-6-8-10-25/h6-10,12-13,18-23,28,37H,11,14-17H2,1-5H3,(H2,49,63)(H,50,64)(H,51,66)(H,52,62)(H,55,65)(H,59,67)/t28-,37?/m0/s1. The number of hydrogen-bond donors (Lipinski definition) is 6. The van der Waals surface area contributed by atoms with E-state index in [4.69, 9.17) is 30.4 Å². The van der Waals surface area contributed by atoms with Gasteiger partial charge in [0.05, 0.1) is 47.2 Å². The number of primary amides is 1. The maximum atomic E-state index is 14.1. The number of carbonyl (C=O) groups excluding carboxylic acids is 6. The van der Waals surface area contributed by atoms with Crippen molar-refractivity contribution in [2.24, 2.45) is 11.7 Å². The molecular weight excluding hydrogens is 1060 g/mol. The van der Waals surface area contributed by atoms with Gasteiger partial charge in [0.15, 0.2) is 0 Å². The van der Waals surface area contributed by atoms with Crippen LogP contribution >= 0.6 is 68.0 Å². The lowest BCUT2D eigenvalue weighted by atomic mass is 10.0. The molecule has 7 aromatic heterocycles. The van der Waals surface area contributed by atoms with Gasteiger partial charge in [0.2, 0.25) is 18.2 Å². The van der Waals surface area contributed by atoms with E-state index in [1.807, 2.05) is 48.9 Å². The first-order valence-corrected chi connectivity index (χ1v) is 27.8. The Bertz CT molecular complexity index is 3320. The maximum Gasteiger partial charge on any atom is 0.271 e. The Morgan fingerprint density at radius 3 is 2.22 bits per heavy atom. The second kappa shape index (κ2) is 24.3. The molecule has 74 heavy (non-hydrogen) atoms. The molecule has 8 rings (SSSR count). The Balaban J connectivity index is 1.03. The molecule has 0 radical (unpaired) electrons. The molecule has 1 unspecified atom stereocenters. The molecule has 20 nitrogen and oxygen atoms in total. The molecule has 8 aromatic rings. The molecule has 0 saturated carbocycles. The summed E-state index contributed by atoms with van der Waals surface area (Å²) in [4.78, 5) is 111. The highest BCUT2D eigenvalue weighted by Gasteiger charge is 2.31. The second-order valence-electron chi connectivity index (χ2n) is 16.5. The van der Waals surface area contributed by atoms with E-state index < -0.39 is 35.7 Å². The predicted molar refractivity (Wildman–Crippen MR) is 287 cm³/mol. The lowest BCUT2D eigenvalue weighted by molar-refractivity contribution is -0.121. The quantitative estimate of drug-likeness (QED) is 0.0344. The van der Waals surface area contributed by atoms with E-state index in [9.17, 15) is 28.8 Å². The number of carbonyl (C=O) groups is 6. The summed E-state index contributed by atoms with van der Waals surface area (Å²) in [6.07, 6.45) is 2.02. The Kier molecular flexibility index (Phi) is 17.5. The third-order valence-electron chi connectivity index (χ3n) is 10.9. The molecular formula is C48H47N13O7S6. The van der Waals surface area contributed by atoms with Crippen LogP contribution in [0.3, 0.4) is 0 Å². The Labute approximate surface area is 447 Å². The van der Waals surface area contributed by atoms with Crippen LogP contribution in [0.15, 0.2) is 64.0 Å². The van der Waals surface area contributed by atoms with Crippen molar-refractivity contribution >= 4 is 110 Å². The zero-order valence-corrected chi connectivity index (χ0v) is 45.1. The van der Waals surface area contributed by atoms with Crippen LogP contribution in [-0.2, 0) is 38.6 Å². The van der Waals surface area contributed by atoms with Gasteiger partial charge in [-0.05, 0) is 37.0 Å². The molecule has 0 fully saturated rings. The molecule has 26 heteroatoms. The van der Waals surface area contributed by atoms with Gasteiger partial charge in [0.25, 0.3) is 17.7 Å². The van der Waals surface area contributed by atoms with Crippen LogP contribution in [-0.4, -0.2) is 91.5 Å². The summed E-state index contributed by atoms with van der Waals surface area (Å²) in [5, 5.41) is 24.3. The number of ether oxygens (including phenoxy) is 1. The highest BCUT2D eigenvalue weighted by Crippen LogP contribution is 2.39. The van der Waals surface area contributed by atoms with E-state index in [2.05, 4.69) is 53.7 Å². The zero-order valence-electron chi connectivity index (χ0n) is 40.2. The number of pyridine rings is 1. The van der Waals surface area contributed by atoms with Gasteiger partial charge in [-0.25, -0.2) is 34.9 Å². The molecule has 0 spiro atoms. The molecule has 0 aliphatic rings. The number of benzene rings is 1. The van der Waals surface area contributed by atoms with Crippen molar-refractivity contribution in [2.45, 2.75) is 58.7 Å². The van der Waals surface area contributed by atoms with Gasteiger partial charge in [-0.1, -0.05) is 44.2 Å². The molecule has 2 atom stereocenters. The summed E-state index contributed by atoms with van der Waals surface area (Å²) < 4.78 is 5.30. The topological polar surface area (TPSA) is 288 Å². The van der Waals surface area contributed by atoms with E-state index in [-0.39, 0.29) is 48.5 Å². The van der Waals surface area contributed by atoms with Gasteiger partial charge in [-0.2, -0.15) is 0 Å². The average Bonchev–Trinajstić information content (AvgIpc) is 4.26. The highest BCUT2D eigenvalue weighted by atomic mass is 32.1. The summed E-state index contributed by atoms with van der Waals surface area (Å²) in [6.45, 7) is 5.16. The maximum absolute atomic E-state index is 14.1. The first-order valence-electron chi connectivity index (χ1n) is 22.6. The molecule has 0 aliphatic carbocycles. The number of anilines is 1. The van der Waals surface area contributed by atoms with Crippen molar-refractivity contribution in [1.29, 1.82) is 0 Å². The van der Waals surface area contributed by atoms with Gasteiger partial charge in [0, 0.05) is 52.5 Å². The van der Waals surface area contributed by atoms with Crippen LogP contribution in [0.4, 0.5) is 5.82 Å². The van der Waals surface area contributed by atoms with E-state index in [0.29, 0.717) is 69.7 Å². The number of aromatic nitrogens is 7. The fourth-order valence-corrected chi connectivity index (χ4v) is 12.7. The van der Waals surface area contributed by atoms with Gasteiger partial charge in [0.1, 0.15) is 65.0 Å². The monoisotopic (exact) mass is 1110 g/mol. The van der Waals surface area contributed by atoms with E-state index in [0.717, 1.165) is 34.9 Å². The van der Waals surface area contributed by atoms with Gasteiger partial charge in [-0.3, -0.25) is 28.8 Å². The lowest BCUT2D eigenvalue weighted by Gasteiger charge is -2.20. The van der Waals surface area contributed by atoms with E-state index in [1.165, 1.54) is 65.1 Å². The van der Waals surface area contributed by atoms with Crippen LogP contribution < -0.4 is 32.3 Å². The Morgan fingerprint density at radius 1 is 0.730 bits per heavy atom. The number of nitrogens with one attached hydrogen (secondary N) is 5. The highest BCUT2D eigenvalue weighted by molar-refractivity contribution is 7.15. The molecule has 6 amide bonds. The number of rotatable bonds is 23. The smallest absolute Gasteiger partial charge is 0.271 e. The fraction of sp³-hybridized carbons (Fsp3) is 0.271. The zero-order chi connectivity index (χ0) is 52.5. The van der Waals surface area contributed by atoms with E-state index in [1.54, 1.807) is 35.1 Å². The number of nitrogens with two attached hydrogens (primary N) is 1. The number of amides is 6. The summed E-state index contributed by atoms with van der Waals surface area (Å²) in [6, 6.07) is 12.3. The number of nitrogens with zero attached hydrogens (tertiary/aromatic N) is 7. The average molecular weight is 1110 g/mol. The molecule has 1 aromatic carbocycles. The summed E-state index contributed by atoms with van der Waals surface area (Å²) >= 11 is 7.90. The van der Waals surface area contributed by atoms with Crippen molar-refractivity contribution in [3.8, 4) is 43.4 Å². The fourth-order valence-electron chi connectivity index (χ4n) is 7.27. The van der Waals surface area contributed by atoms with Crippen molar-refractivity contribution < 1.29 is 33.5 Å². The minimum atomic E-state index is -0.956. The van der Waals surface area contributed by atoms with Crippen LogP contribution in [0, 0.1) is 12.8 Å². The molecule has 382 valence electrons. The molecule has 0 bridgehead atoms. The SMILES string of the molecule is CNC(=O)C[C@H](NC(=O)c1csc(-c2ccc(-c3nc(NC=O)cs3)nc2-c2csc(-c3csc(CCc4ccccc4)n3)n2)n1)c1nc(C(=O)NC(c2nc(C(=O)NCC(N)=O)c(COC)s2)C(C)C)c(C)s1. The van der Waals surface area contributed by atoms with Crippen molar-refractivity contribution in [3.63, 3.8) is 0 Å². The second-order valence-corrected chi connectivity index (χ2v) is 22.4. The van der Waals surface area contributed by atoms with Gasteiger partial charge < -0.3 is 37.1 Å². The third kappa shape index (κ3) is 12.8. The van der Waals surface area contributed by atoms with Crippen LogP contribution in [0.2, 0.25) is 0 Å². The van der Waals surface area contributed by atoms with Gasteiger partial charge >= 0.3 is 0 Å². The molecule has 0 aliphatic heterocycles. The van der Waals surface area contributed by atoms with Crippen molar-refractivity contribution in [1.82, 2.24) is 56.2 Å². The number of methoxy groups -OCH3 is 1. The summed E-state index contributed by atoms with van der Waals surface area (Å²) in [7, 11) is 2.95. The third-order valence-corrected chi connectivity index (χ3v) is 16.6. The lowest BCUT2D eigenvalue weighted by Crippen LogP contribution is -2.34. The minimum Gasteiger partial charge on any atom is -0.379 e. The summed E-state index contributed by atoms with van der Waals surface area (Å²) in [5.41, 5.74) is 9.60. The van der Waals surface area contributed by atoms with Crippen LogP contribution in [0.25, 0.3) is 43.4 Å². The normalized spacial score (nSPS) is 12.0. The van der Waals surface area contributed by atoms with Crippen LogP contribution in [0.1, 0.15) is 94.2 Å². The van der Waals surface area contributed by atoms with Gasteiger partial charge in [-0.15, -0.1) is 68.0 Å². The van der Waals surface area contributed by atoms with Crippen LogP contribution in [0.5, 0.6) is 0 Å². The predicted octanol–water partition coefficient (Wildman–Crippen LogP) is 7.25. The number of thiazole rings is 6. The summed E-state index contributed by atoms with van der Waals surface area (Å²) in [5.74, 6) is -2.64. The number of aryl methyl sites for hydroxylation is 3. The molecule has 0 saturated heterocycles. The molecule has 7 N–H and O–H groups in total. The Hall–Kier alpha value is -7.07. The Morgan fingerprint density at radius 2 is 1.47 bits per heavy atom. The first-order chi connectivity index (χ1) is 35.7. The number of hydrogen-bond acceptors (Lipinski definition) is 20. The first kappa shape index (κ1) is 53.2. The minimum absolute atomic E-state index is 0.0515.